The largest absolute Gasteiger partial charge is 0.481 e. The summed E-state index contributed by atoms with van der Waals surface area (Å²) in [5.41, 5.74) is 2.45. The topological polar surface area (TPSA) is 43.8 Å². The molecule has 1 atom stereocenters. The van der Waals surface area contributed by atoms with E-state index < -0.39 is 5.97 Å². The molecule has 0 bridgehead atoms. The van der Waals surface area contributed by atoms with Crippen LogP contribution in [-0.4, -0.2) is 42.2 Å². The second kappa shape index (κ2) is 7.28. The number of hydrogen-bond acceptors (Lipinski definition) is 4. The molecule has 5 heteroatoms. The molecule has 1 N–H and O–H groups in total. The van der Waals surface area contributed by atoms with Crippen LogP contribution in [0, 0.1) is 0 Å². The molecule has 0 fully saturated rings. The van der Waals surface area contributed by atoms with Gasteiger partial charge < -0.3 is 14.9 Å². The van der Waals surface area contributed by atoms with E-state index in [1.54, 1.807) is 11.8 Å². The Kier molecular flexibility index (Phi) is 5.11. The van der Waals surface area contributed by atoms with Crippen LogP contribution >= 0.6 is 11.8 Å². The van der Waals surface area contributed by atoms with E-state index >= 15 is 0 Å². The molecular weight excluding hydrogens is 320 g/mol. The number of carbonyl (C=O) groups is 1. The summed E-state index contributed by atoms with van der Waals surface area (Å²) in [6.07, 6.45) is 0.173. The number of carboxylic acid groups (broad SMARTS) is 1. The Hall–Kier alpha value is -1.98. The number of nitrogens with zero attached hydrogens (tertiary/aromatic N) is 2. The summed E-state index contributed by atoms with van der Waals surface area (Å²) in [5, 5.41) is 8.87. The van der Waals surface area contributed by atoms with Crippen molar-refractivity contribution in [1.82, 2.24) is 4.90 Å². The number of benzene rings is 2. The molecule has 0 spiro atoms. The molecule has 0 saturated heterocycles. The highest BCUT2D eigenvalue weighted by atomic mass is 32.2. The molecule has 4 nitrogen and oxygen atoms in total. The predicted molar refractivity (Wildman–Crippen MR) is 98.4 cm³/mol. The first kappa shape index (κ1) is 16.9. The van der Waals surface area contributed by atoms with E-state index in [1.165, 1.54) is 21.2 Å². The van der Waals surface area contributed by atoms with Gasteiger partial charge in [-0.1, -0.05) is 36.0 Å². The number of hydrogen-bond donors (Lipinski definition) is 1. The van der Waals surface area contributed by atoms with Crippen LogP contribution in [-0.2, 0) is 4.79 Å². The van der Waals surface area contributed by atoms with Crippen LogP contribution in [0.1, 0.15) is 13.3 Å². The van der Waals surface area contributed by atoms with Gasteiger partial charge in [-0.25, -0.2) is 0 Å². The van der Waals surface area contributed by atoms with Crippen LogP contribution in [0.15, 0.2) is 58.3 Å². The zero-order chi connectivity index (χ0) is 17.1. The molecule has 2 aromatic carbocycles. The predicted octanol–water partition coefficient (Wildman–Crippen LogP) is 4.08. The minimum absolute atomic E-state index is 0.173. The molecule has 0 radical (unpaired) electrons. The van der Waals surface area contributed by atoms with E-state index in [0.717, 1.165) is 6.54 Å². The second-order valence-electron chi connectivity index (χ2n) is 6.16. The maximum absolute atomic E-state index is 10.8. The second-order valence-corrected chi connectivity index (χ2v) is 7.25. The van der Waals surface area contributed by atoms with E-state index in [4.69, 9.17) is 5.11 Å². The normalized spacial score (nSPS) is 14.2. The average molecular weight is 342 g/mol. The summed E-state index contributed by atoms with van der Waals surface area (Å²) in [4.78, 5) is 17.8. The highest BCUT2D eigenvalue weighted by Gasteiger charge is 2.27. The van der Waals surface area contributed by atoms with Crippen LogP contribution in [0.25, 0.3) is 0 Å². The number of rotatable bonds is 6. The number of carboxylic acids is 1. The molecule has 0 aliphatic carbocycles. The van der Waals surface area contributed by atoms with Crippen molar-refractivity contribution in [3.63, 3.8) is 0 Å². The minimum atomic E-state index is -0.750. The van der Waals surface area contributed by atoms with Gasteiger partial charge >= 0.3 is 5.97 Å². The van der Waals surface area contributed by atoms with Crippen LogP contribution in [0.3, 0.4) is 0 Å². The standard InChI is InChI=1S/C19H22N2O2S/c1-14(13-20(2)12-11-19(22)23)21-15-7-3-5-9-17(15)24-18-10-6-4-8-16(18)21/h3-10,14H,11-13H2,1-2H3,(H,22,23). The number of likely N-dealkylation sites (N-methyl/N-ethyl adjacent to an activating group) is 1. The summed E-state index contributed by atoms with van der Waals surface area (Å²) in [6.45, 7) is 3.56. The number of para-hydroxylation sites is 2. The van der Waals surface area contributed by atoms with Crippen LogP contribution in [0.2, 0.25) is 0 Å². The first-order chi connectivity index (χ1) is 11.6. The van der Waals surface area contributed by atoms with Gasteiger partial charge in [0, 0.05) is 28.9 Å². The van der Waals surface area contributed by atoms with Crippen molar-refractivity contribution in [1.29, 1.82) is 0 Å². The zero-order valence-corrected chi connectivity index (χ0v) is 14.8. The van der Waals surface area contributed by atoms with Crippen molar-refractivity contribution >= 4 is 29.1 Å². The summed E-state index contributed by atoms with van der Waals surface area (Å²) in [7, 11) is 1.98. The fraction of sp³-hybridized carbons (Fsp3) is 0.316. The Morgan fingerprint density at radius 2 is 1.67 bits per heavy atom. The van der Waals surface area contributed by atoms with E-state index in [0.29, 0.717) is 6.54 Å². The third kappa shape index (κ3) is 3.57. The van der Waals surface area contributed by atoms with Crippen molar-refractivity contribution in [3.8, 4) is 0 Å². The third-order valence-corrected chi connectivity index (χ3v) is 5.32. The summed E-state index contributed by atoms with van der Waals surface area (Å²) >= 11 is 1.80. The molecule has 0 aromatic heterocycles. The zero-order valence-electron chi connectivity index (χ0n) is 14.0. The maximum atomic E-state index is 10.8. The maximum Gasteiger partial charge on any atom is 0.304 e. The Labute approximate surface area is 147 Å². The van der Waals surface area contributed by atoms with E-state index in [1.807, 2.05) is 7.05 Å². The minimum Gasteiger partial charge on any atom is -0.481 e. The molecule has 1 heterocycles. The van der Waals surface area contributed by atoms with Gasteiger partial charge in [-0.15, -0.1) is 0 Å². The number of fused-ring (bicyclic) bond motifs is 2. The molecule has 2 aromatic rings. The summed E-state index contributed by atoms with van der Waals surface area (Å²) in [6, 6.07) is 17.2. The van der Waals surface area contributed by atoms with Crippen molar-refractivity contribution in [3.05, 3.63) is 48.5 Å². The van der Waals surface area contributed by atoms with E-state index in [-0.39, 0.29) is 12.5 Å². The lowest BCUT2D eigenvalue weighted by Gasteiger charge is -2.38. The fourth-order valence-electron chi connectivity index (χ4n) is 3.12. The van der Waals surface area contributed by atoms with Crippen LogP contribution < -0.4 is 4.90 Å². The van der Waals surface area contributed by atoms with Crippen molar-refractivity contribution in [2.45, 2.75) is 29.2 Å². The quantitative estimate of drug-likeness (QED) is 0.857. The smallest absolute Gasteiger partial charge is 0.304 e. The van der Waals surface area contributed by atoms with Gasteiger partial charge in [-0.2, -0.15) is 0 Å². The lowest BCUT2D eigenvalue weighted by Crippen LogP contribution is -2.40. The van der Waals surface area contributed by atoms with Crippen molar-refractivity contribution in [2.24, 2.45) is 0 Å². The first-order valence-electron chi connectivity index (χ1n) is 8.11. The lowest BCUT2D eigenvalue weighted by atomic mass is 10.1. The average Bonchev–Trinajstić information content (AvgIpc) is 2.57. The molecule has 1 aliphatic heterocycles. The SMILES string of the molecule is CC(CN(C)CCC(=O)O)N1c2ccccc2Sc2ccccc21. The van der Waals surface area contributed by atoms with Gasteiger partial charge in [0.05, 0.1) is 17.8 Å². The molecule has 0 amide bonds. The van der Waals surface area contributed by atoms with E-state index in [2.05, 4.69) is 65.3 Å². The fourth-order valence-corrected chi connectivity index (χ4v) is 4.19. The van der Waals surface area contributed by atoms with Crippen LogP contribution in [0.5, 0.6) is 0 Å². The Morgan fingerprint density at radius 1 is 1.12 bits per heavy atom. The van der Waals surface area contributed by atoms with Gasteiger partial charge in [0.15, 0.2) is 0 Å². The van der Waals surface area contributed by atoms with Gasteiger partial charge in [0.25, 0.3) is 0 Å². The van der Waals surface area contributed by atoms with Crippen LogP contribution in [0.4, 0.5) is 11.4 Å². The summed E-state index contributed by atoms with van der Waals surface area (Å²) in [5.74, 6) is -0.750. The van der Waals surface area contributed by atoms with Gasteiger partial charge in [-0.05, 0) is 38.2 Å². The Bertz CT molecular complexity index is 689. The Morgan fingerprint density at radius 3 is 2.21 bits per heavy atom. The summed E-state index contributed by atoms with van der Waals surface area (Å²) < 4.78 is 0. The monoisotopic (exact) mass is 342 g/mol. The molecule has 24 heavy (non-hydrogen) atoms. The molecule has 0 saturated carbocycles. The molecular formula is C19H22N2O2S. The molecule has 1 unspecified atom stereocenters. The van der Waals surface area contributed by atoms with Gasteiger partial charge in [0.2, 0.25) is 0 Å². The third-order valence-electron chi connectivity index (χ3n) is 4.19. The highest BCUT2D eigenvalue weighted by molar-refractivity contribution is 7.99. The lowest BCUT2D eigenvalue weighted by molar-refractivity contribution is -0.137. The van der Waals surface area contributed by atoms with E-state index in [9.17, 15) is 4.79 Å². The van der Waals surface area contributed by atoms with Crippen molar-refractivity contribution < 1.29 is 9.90 Å². The van der Waals surface area contributed by atoms with Gasteiger partial charge in [0.1, 0.15) is 0 Å². The highest BCUT2D eigenvalue weighted by Crippen LogP contribution is 2.48. The molecule has 3 rings (SSSR count). The number of anilines is 2. The van der Waals surface area contributed by atoms with Crippen molar-refractivity contribution in [2.75, 3.05) is 25.0 Å². The number of aliphatic carboxylic acids is 1. The first-order valence-corrected chi connectivity index (χ1v) is 8.93. The Balaban J connectivity index is 1.85. The molecule has 1 aliphatic rings. The molecule has 126 valence electrons. The van der Waals surface area contributed by atoms with Gasteiger partial charge in [-0.3, -0.25) is 4.79 Å².